The molecule has 0 heterocycles. The van der Waals surface area contributed by atoms with Gasteiger partial charge < -0.3 is 0 Å². The summed E-state index contributed by atoms with van der Waals surface area (Å²) in [5.41, 5.74) is -0.342. The van der Waals surface area contributed by atoms with Gasteiger partial charge >= 0.3 is 0 Å². The van der Waals surface area contributed by atoms with Gasteiger partial charge in [0.25, 0.3) is 0 Å². The Kier molecular flexibility index (Phi) is 3.81. The Labute approximate surface area is 68.2 Å². The average Bonchev–Trinajstić information content (AvgIpc) is 2.00. The lowest BCUT2D eigenvalue weighted by Crippen LogP contribution is -2.10. The first-order chi connectivity index (χ1) is 5.02. The molecule has 2 heteroatoms. The number of Topliss-reactive ketones (excluding diaryl/α,β-unsaturated/α-hetero) is 1. The predicted molar refractivity (Wildman–Crippen MR) is 43.9 cm³/mol. The first-order valence-corrected chi connectivity index (χ1v) is 3.95. The van der Waals surface area contributed by atoms with Crippen LogP contribution in [0.25, 0.3) is 0 Å². The van der Waals surface area contributed by atoms with Gasteiger partial charge in [0.2, 0.25) is 0 Å². The maximum Gasteiger partial charge on any atom is 0.132 e. The molecule has 11 heavy (non-hydrogen) atoms. The van der Waals surface area contributed by atoms with Gasteiger partial charge in [0.1, 0.15) is 5.78 Å². The minimum atomic E-state index is -0.342. The molecule has 0 bridgehead atoms. The zero-order valence-corrected chi connectivity index (χ0v) is 7.48. The highest BCUT2D eigenvalue weighted by Crippen LogP contribution is 2.20. The highest BCUT2D eigenvalue weighted by atomic mass is 16.1. The third-order valence-electron chi connectivity index (χ3n) is 1.73. The number of ketones is 1. The smallest absolute Gasteiger partial charge is 0.132 e. The Morgan fingerprint density at radius 2 is 2.09 bits per heavy atom. The van der Waals surface area contributed by atoms with Gasteiger partial charge in [0, 0.05) is 12.8 Å². The summed E-state index contributed by atoms with van der Waals surface area (Å²) < 4.78 is 0. The highest BCUT2D eigenvalue weighted by molar-refractivity contribution is 5.78. The summed E-state index contributed by atoms with van der Waals surface area (Å²) in [6, 6.07) is 2.17. The maximum absolute atomic E-state index is 10.9. The number of carbonyl (C=O) groups excluding carboxylic acids is 1. The first kappa shape index (κ1) is 10.2. The van der Waals surface area contributed by atoms with Gasteiger partial charge in [-0.1, -0.05) is 6.92 Å². The third-order valence-corrected chi connectivity index (χ3v) is 1.73. The quantitative estimate of drug-likeness (QED) is 0.621. The third kappa shape index (κ3) is 4.55. The van der Waals surface area contributed by atoms with E-state index < -0.39 is 0 Å². The molecular weight excluding hydrogens is 138 g/mol. The zero-order chi connectivity index (χ0) is 8.91. The molecule has 0 aromatic rings. The Hall–Kier alpha value is -0.840. The molecule has 0 atom stereocenters. The summed E-state index contributed by atoms with van der Waals surface area (Å²) >= 11 is 0. The molecule has 0 amide bonds. The van der Waals surface area contributed by atoms with E-state index in [4.69, 9.17) is 5.26 Å². The standard InChI is InChI=1S/C9H15NO/c1-4-8(11)5-6-9(2,3)7-10/h4-6H2,1-3H3. The van der Waals surface area contributed by atoms with Crippen LogP contribution in [-0.2, 0) is 4.79 Å². The van der Waals surface area contributed by atoms with Gasteiger partial charge in [0.15, 0.2) is 0 Å². The Bertz CT molecular complexity index is 176. The fourth-order valence-electron chi connectivity index (χ4n) is 0.685. The Morgan fingerprint density at radius 1 is 1.55 bits per heavy atom. The lowest BCUT2D eigenvalue weighted by atomic mass is 9.88. The summed E-state index contributed by atoms with van der Waals surface area (Å²) in [6.45, 7) is 5.56. The highest BCUT2D eigenvalue weighted by Gasteiger charge is 2.17. The SMILES string of the molecule is CCC(=O)CCC(C)(C)C#N. The summed E-state index contributed by atoms with van der Waals surface area (Å²) in [4.78, 5) is 10.9. The van der Waals surface area contributed by atoms with Gasteiger partial charge in [-0.05, 0) is 20.3 Å². The van der Waals surface area contributed by atoms with Crippen LogP contribution in [0.2, 0.25) is 0 Å². The van der Waals surface area contributed by atoms with Crippen LogP contribution in [0.1, 0.15) is 40.0 Å². The van der Waals surface area contributed by atoms with Crippen molar-refractivity contribution < 1.29 is 4.79 Å². The van der Waals surface area contributed by atoms with Crippen molar-refractivity contribution in [3.8, 4) is 6.07 Å². The molecule has 0 aromatic carbocycles. The van der Waals surface area contributed by atoms with Gasteiger partial charge in [-0.2, -0.15) is 5.26 Å². The molecule has 0 unspecified atom stereocenters. The molecule has 62 valence electrons. The molecule has 0 fully saturated rings. The molecule has 0 rings (SSSR count). The van der Waals surface area contributed by atoms with E-state index in [1.807, 2.05) is 20.8 Å². The number of hydrogen-bond acceptors (Lipinski definition) is 2. The van der Waals surface area contributed by atoms with Gasteiger partial charge in [0.05, 0.1) is 11.5 Å². The number of hydrogen-bond donors (Lipinski definition) is 0. The van der Waals surface area contributed by atoms with Crippen LogP contribution in [0, 0.1) is 16.7 Å². The van der Waals surface area contributed by atoms with Crippen LogP contribution in [0.3, 0.4) is 0 Å². The molecule has 2 nitrogen and oxygen atoms in total. The molecule has 0 aromatic heterocycles. The molecule has 0 aliphatic rings. The Balaban J connectivity index is 3.72. The summed E-state index contributed by atoms with van der Waals surface area (Å²) in [5.74, 6) is 0.244. The van der Waals surface area contributed by atoms with Crippen LogP contribution in [-0.4, -0.2) is 5.78 Å². The average molecular weight is 153 g/mol. The summed E-state index contributed by atoms with van der Waals surface area (Å²) in [6.07, 6.45) is 1.80. The Morgan fingerprint density at radius 3 is 2.45 bits per heavy atom. The number of nitrogens with zero attached hydrogens (tertiary/aromatic N) is 1. The van der Waals surface area contributed by atoms with Crippen LogP contribution in [0.4, 0.5) is 0 Å². The number of rotatable bonds is 4. The van der Waals surface area contributed by atoms with E-state index in [2.05, 4.69) is 6.07 Å². The van der Waals surface area contributed by atoms with Crippen molar-refractivity contribution in [3.63, 3.8) is 0 Å². The van der Waals surface area contributed by atoms with E-state index in [1.165, 1.54) is 0 Å². The largest absolute Gasteiger partial charge is 0.300 e. The monoisotopic (exact) mass is 153 g/mol. The summed E-state index contributed by atoms with van der Waals surface area (Å²) in [5, 5.41) is 8.62. The van der Waals surface area contributed by atoms with Crippen molar-refractivity contribution in [1.29, 1.82) is 5.26 Å². The first-order valence-electron chi connectivity index (χ1n) is 3.95. The van der Waals surface area contributed by atoms with E-state index in [0.29, 0.717) is 19.3 Å². The minimum Gasteiger partial charge on any atom is -0.300 e. The van der Waals surface area contributed by atoms with Crippen LogP contribution < -0.4 is 0 Å². The van der Waals surface area contributed by atoms with Crippen molar-refractivity contribution >= 4 is 5.78 Å². The number of nitriles is 1. The molecule has 0 spiro atoms. The molecule has 0 radical (unpaired) electrons. The van der Waals surface area contributed by atoms with Crippen LogP contribution in [0.15, 0.2) is 0 Å². The second-order valence-electron chi connectivity index (χ2n) is 3.39. The fraction of sp³-hybridized carbons (Fsp3) is 0.778. The van der Waals surface area contributed by atoms with Gasteiger partial charge in [-0.25, -0.2) is 0 Å². The van der Waals surface area contributed by atoms with Crippen molar-refractivity contribution in [1.82, 2.24) is 0 Å². The zero-order valence-electron chi connectivity index (χ0n) is 7.48. The molecule has 0 aliphatic carbocycles. The fourth-order valence-corrected chi connectivity index (χ4v) is 0.685. The topological polar surface area (TPSA) is 40.9 Å². The van der Waals surface area contributed by atoms with Crippen molar-refractivity contribution in [2.45, 2.75) is 40.0 Å². The normalized spacial score (nSPS) is 10.7. The van der Waals surface area contributed by atoms with E-state index in [0.717, 1.165) is 0 Å². The van der Waals surface area contributed by atoms with Gasteiger partial charge in [-0.15, -0.1) is 0 Å². The van der Waals surface area contributed by atoms with E-state index in [9.17, 15) is 4.79 Å². The summed E-state index contributed by atoms with van der Waals surface area (Å²) in [7, 11) is 0. The van der Waals surface area contributed by atoms with E-state index in [1.54, 1.807) is 0 Å². The van der Waals surface area contributed by atoms with Crippen LogP contribution in [0.5, 0.6) is 0 Å². The van der Waals surface area contributed by atoms with Gasteiger partial charge in [-0.3, -0.25) is 4.79 Å². The van der Waals surface area contributed by atoms with Crippen molar-refractivity contribution in [2.24, 2.45) is 5.41 Å². The lowest BCUT2D eigenvalue weighted by Gasteiger charge is -2.12. The van der Waals surface area contributed by atoms with E-state index >= 15 is 0 Å². The molecule has 0 saturated carbocycles. The van der Waals surface area contributed by atoms with Crippen molar-refractivity contribution in [3.05, 3.63) is 0 Å². The second-order valence-corrected chi connectivity index (χ2v) is 3.39. The molecule has 0 saturated heterocycles. The predicted octanol–water partition coefficient (Wildman–Crippen LogP) is 2.30. The molecule has 0 N–H and O–H groups in total. The number of carbonyl (C=O) groups is 1. The second kappa shape index (κ2) is 4.12. The molecular formula is C9H15NO. The van der Waals surface area contributed by atoms with E-state index in [-0.39, 0.29) is 11.2 Å². The molecule has 0 aliphatic heterocycles. The van der Waals surface area contributed by atoms with Crippen LogP contribution >= 0.6 is 0 Å². The maximum atomic E-state index is 10.9. The lowest BCUT2D eigenvalue weighted by molar-refractivity contribution is -0.119. The van der Waals surface area contributed by atoms with Crippen molar-refractivity contribution in [2.75, 3.05) is 0 Å². The minimum absolute atomic E-state index is 0.244.